The van der Waals surface area contributed by atoms with Gasteiger partial charge in [-0.15, -0.1) is 0 Å². The maximum atomic E-state index is 5.11. The van der Waals surface area contributed by atoms with Crippen molar-refractivity contribution in [3.8, 4) is 0 Å². The van der Waals surface area contributed by atoms with E-state index in [1.807, 2.05) is 0 Å². The number of thioether (sulfide) groups is 1. The van der Waals surface area contributed by atoms with Crippen molar-refractivity contribution in [3.63, 3.8) is 0 Å². The highest BCUT2D eigenvalue weighted by atomic mass is 32.2. The summed E-state index contributed by atoms with van der Waals surface area (Å²) < 4.78 is 0.517. The van der Waals surface area contributed by atoms with E-state index in [2.05, 4.69) is 33.8 Å². The van der Waals surface area contributed by atoms with Crippen molar-refractivity contribution in [1.29, 1.82) is 0 Å². The van der Waals surface area contributed by atoms with Crippen molar-refractivity contribution in [1.82, 2.24) is 15.1 Å². The van der Waals surface area contributed by atoms with Crippen LogP contribution in [-0.2, 0) is 0 Å². The normalized spacial score (nSPS) is 30.8. The molecule has 25 heavy (non-hydrogen) atoms. The topological polar surface area (TPSA) is 30.9 Å². The summed E-state index contributed by atoms with van der Waals surface area (Å²) in [5, 5.41) is 3.60. The fourth-order valence-corrected chi connectivity index (χ4v) is 6.52. The molecule has 2 heterocycles. The summed E-state index contributed by atoms with van der Waals surface area (Å²) in [4.78, 5) is 10.4. The molecule has 142 valence electrons. The van der Waals surface area contributed by atoms with Crippen molar-refractivity contribution in [2.75, 3.05) is 45.0 Å². The van der Waals surface area contributed by atoms with Crippen LogP contribution in [0.5, 0.6) is 0 Å². The zero-order chi connectivity index (χ0) is 17.1. The van der Waals surface area contributed by atoms with Gasteiger partial charge in [0.2, 0.25) is 0 Å². The lowest BCUT2D eigenvalue weighted by Gasteiger charge is -2.45. The van der Waals surface area contributed by atoms with Crippen LogP contribution in [0, 0.1) is 5.92 Å². The molecule has 2 saturated carbocycles. The Balaban J connectivity index is 1.36. The SMILES string of the molecule is CCNC(=NCC1CCN(C2CC2)C1)N1CCSC2(CCCCC2)C1. The van der Waals surface area contributed by atoms with Crippen molar-refractivity contribution < 1.29 is 0 Å². The molecule has 0 aromatic carbocycles. The minimum atomic E-state index is 0.517. The minimum Gasteiger partial charge on any atom is -0.357 e. The van der Waals surface area contributed by atoms with Gasteiger partial charge in [0.1, 0.15) is 0 Å². The minimum absolute atomic E-state index is 0.517. The van der Waals surface area contributed by atoms with Gasteiger partial charge in [-0.25, -0.2) is 0 Å². The Morgan fingerprint density at radius 2 is 2.00 bits per heavy atom. The molecule has 4 aliphatic rings. The van der Waals surface area contributed by atoms with E-state index in [1.165, 1.54) is 82.7 Å². The molecule has 2 aliphatic heterocycles. The molecule has 4 rings (SSSR count). The van der Waals surface area contributed by atoms with Crippen molar-refractivity contribution >= 4 is 17.7 Å². The second kappa shape index (κ2) is 8.08. The summed E-state index contributed by atoms with van der Waals surface area (Å²) in [7, 11) is 0. The maximum Gasteiger partial charge on any atom is 0.193 e. The number of hydrogen-bond donors (Lipinski definition) is 1. The fourth-order valence-electron chi connectivity index (χ4n) is 4.95. The van der Waals surface area contributed by atoms with Gasteiger partial charge in [0.15, 0.2) is 5.96 Å². The first-order chi connectivity index (χ1) is 12.3. The molecule has 0 amide bonds. The molecule has 0 bridgehead atoms. The van der Waals surface area contributed by atoms with Gasteiger partial charge in [-0.3, -0.25) is 4.99 Å². The van der Waals surface area contributed by atoms with Crippen LogP contribution >= 0.6 is 11.8 Å². The van der Waals surface area contributed by atoms with E-state index in [4.69, 9.17) is 4.99 Å². The molecule has 1 N–H and O–H groups in total. The van der Waals surface area contributed by atoms with Crippen molar-refractivity contribution in [2.24, 2.45) is 10.9 Å². The lowest BCUT2D eigenvalue weighted by Crippen LogP contribution is -2.53. The summed E-state index contributed by atoms with van der Waals surface area (Å²) in [5.74, 6) is 3.23. The summed E-state index contributed by atoms with van der Waals surface area (Å²) in [6.07, 6.45) is 11.3. The predicted molar refractivity (Wildman–Crippen MR) is 109 cm³/mol. The molecular formula is C20H36N4S. The molecule has 4 nitrogen and oxygen atoms in total. The average molecular weight is 365 g/mol. The third-order valence-electron chi connectivity index (χ3n) is 6.53. The highest BCUT2D eigenvalue weighted by Gasteiger charge is 2.38. The number of guanidine groups is 1. The van der Waals surface area contributed by atoms with E-state index in [1.54, 1.807) is 0 Å². The molecule has 0 radical (unpaired) electrons. The zero-order valence-corrected chi connectivity index (χ0v) is 16.8. The Hall–Kier alpha value is -0.420. The molecular weight excluding hydrogens is 328 g/mol. The molecule has 5 heteroatoms. The lowest BCUT2D eigenvalue weighted by molar-refractivity contribution is 0.292. The predicted octanol–water partition coefficient (Wildman–Crippen LogP) is 3.19. The zero-order valence-electron chi connectivity index (χ0n) is 16.0. The molecule has 2 saturated heterocycles. The number of hydrogen-bond acceptors (Lipinski definition) is 3. The first kappa shape index (κ1) is 18.0. The standard InChI is InChI=1S/C20H36N4S/c1-2-21-19(22-14-17-8-11-23(15-17)18-6-7-18)24-12-13-25-20(16-24)9-4-3-5-10-20/h17-18H,2-16H2,1H3,(H,21,22). The molecule has 1 spiro atoms. The van der Waals surface area contributed by atoms with E-state index < -0.39 is 0 Å². The van der Waals surface area contributed by atoms with E-state index in [9.17, 15) is 0 Å². The van der Waals surface area contributed by atoms with Gasteiger partial charge in [0, 0.05) is 49.3 Å². The van der Waals surface area contributed by atoms with Crippen molar-refractivity contribution in [3.05, 3.63) is 0 Å². The summed E-state index contributed by atoms with van der Waals surface area (Å²) in [6, 6.07) is 0.924. The van der Waals surface area contributed by atoms with Crippen LogP contribution in [0.15, 0.2) is 4.99 Å². The summed E-state index contributed by atoms with van der Waals surface area (Å²) in [6.45, 7) is 9.17. The van der Waals surface area contributed by atoms with E-state index in [-0.39, 0.29) is 0 Å². The Morgan fingerprint density at radius 1 is 1.16 bits per heavy atom. The third kappa shape index (κ3) is 4.47. The number of aliphatic imine (C=N–C) groups is 1. The van der Waals surface area contributed by atoms with Gasteiger partial charge in [0.25, 0.3) is 0 Å². The molecule has 4 fully saturated rings. The Kier molecular flexibility index (Phi) is 5.81. The van der Waals surface area contributed by atoms with Crippen LogP contribution in [0.1, 0.15) is 58.3 Å². The first-order valence-electron chi connectivity index (χ1n) is 10.7. The van der Waals surface area contributed by atoms with Crippen molar-refractivity contribution in [2.45, 2.75) is 69.1 Å². The molecule has 0 aromatic heterocycles. The lowest BCUT2D eigenvalue weighted by atomic mass is 9.87. The van der Waals surface area contributed by atoms with Crippen LogP contribution in [-0.4, -0.2) is 71.6 Å². The van der Waals surface area contributed by atoms with Gasteiger partial charge < -0.3 is 15.1 Å². The number of nitrogens with zero attached hydrogens (tertiary/aromatic N) is 3. The molecule has 2 aliphatic carbocycles. The van der Waals surface area contributed by atoms with Crippen LogP contribution in [0.25, 0.3) is 0 Å². The number of rotatable bonds is 4. The van der Waals surface area contributed by atoms with E-state index in [0.717, 1.165) is 31.6 Å². The maximum absolute atomic E-state index is 5.11. The average Bonchev–Trinajstić information content (AvgIpc) is 3.38. The quantitative estimate of drug-likeness (QED) is 0.613. The first-order valence-corrected chi connectivity index (χ1v) is 11.7. The van der Waals surface area contributed by atoms with E-state index in [0.29, 0.717) is 4.75 Å². The fraction of sp³-hybridized carbons (Fsp3) is 0.950. The molecule has 1 unspecified atom stereocenters. The van der Waals surface area contributed by atoms with Gasteiger partial charge in [0.05, 0.1) is 0 Å². The summed E-state index contributed by atoms with van der Waals surface area (Å²) >= 11 is 2.25. The Morgan fingerprint density at radius 3 is 2.76 bits per heavy atom. The van der Waals surface area contributed by atoms with Gasteiger partial charge >= 0.3 is 0 Å². The number of nitrogens with one attached hydrogen (secondary N) is 1. The smallest absolute Gasteiger partial charge is 0.193 e. The Bertz CT molecular complexity index is 465. The number of likely N-dealkylation sites (tertiary alicyclic amines) is 1. The van der Waals surface area contributed by atoms with Gasteiger partial charge in [-0.05, 0) is 51.5 Å². The van der Waals surface area contributed by atoms with Crippen LogP contribution in [0.3, 0.4) is 0 Å². The highest BCUT2D eigenvalue weighted by molar-refractivity contribution is 8.00. The van der Waals surface area contributed by atoms with Gasteiger partial charge in [-0.2, -0.15) is 11.8 Å². The largest absolute Gasteiger partial charge is 0.357 e. The van der Waals surface area contributed by atoms with Crippen LogP contribution in [0.4, 0.5) is 0 Å². The second-order valence-electron chi connectivity index (χ2n) is 8.59. The molecule has 0 aromatic rings. The second-order valence-corrected chi connectivity index (χ2v) is 10.2. The van der Waals surface area contributed by atoms with Crippen LogP contribution < -0.4 is 5.32 Å². The van der Waals surface area contributed by atoms with E-state index >= 15 is 0 Å². The summed E-state index contributed by atoms with van der Waals surface area (Å²) in [5.41, 5.74) is 0. The van der Waals surface area contributed by atoms with Crippen LogP contribution in [0.2, 0.25) is 0 Å². The Labute approximate surface area is 158 Å². The highest BCUT2D eigenvalue weighted by Crippen LogP contribution is 2.42. The van der Waals surface area contributed by atoms with Gasteiger partial charge in [-0.1, -0.05) is 19.3 Å². The molecule has 1 atom stereocenters. The third-order valence-corrected chi connectivity index (χ3v) is 8.06. The monoisotopic (exact) mass is 364 g/mol.